The van der Waals surface area contributed by atoms with E-state index < -0.39 is 10.0 Å². The zero-order valence-corrected chi connectivity index (χ0v) is 19.9. The summed E-state index contributed by atoms with van der Waals surface area (Å²) in [4.78, 5) is 19.9. The van der Waals surface area contributed by atoms with E-state index in [0.29, 0.717) is 24.9 Å². The fraction of sp³-hybridized carbons (Fsp3) is 0.417. The van der Waals surface area contributed by atoms with E-state index in [-0.39, 0.29) is 10.8 Å². The Morgan fingerprint density at radius 1 is 1.16 bits per heavy atom. The number of carbonyl (C=O) groups is 1. The molecule has 0 radical (unpaired) electrons. The minimum atomic E-state index is -3.53. The highest BCUT2D eigenvalue weighted by atomic mass is 32.2. The van der Waals surface area contributed by atoms with Crippen LogP contribution in [0.25, 0.3) is 11.0 Å². The molecule has 1 amide bonds. The van der Waals surface area contributed by atoms with Gasteiger partial charge in [-0.15, -0.1) is 0 Å². The highest BCUT2D eigenvalue weighted by molar-refractivity contribution is 7.89. The average molecular weight is 455 g/mol. The van der Waals surface area contributed by atoms with Gasteiger partial charge in [-0.2, -0.15) is 0 Å². The van der Waals surface area contributed by atoms with E-state index >= 15 is 0 Å². The Bertz CT molecular complexity index is 1280. The smallest absolute Gasteiger partial charge is 0.242 e. The van der Waals surface area contributed by atoms with Crippen LogP contribution in [0.1, 0.15) is 36.7 Å². The number of benzene rings is 2. The summed E-state index contributed by atoms with van der Waals surface area (Å²) in [5, 5.41) is 0. The Hall–Kier alpha value is -2.71. The summed E-state index contributed by atoms with van der Waals surface area (Å²) in [5.41, 5.74) is 4.99. The van der Waals surface area contributed by atoms with Gasteiger partial charge in [-0.25, -0.2) is 17.7 Å². The van der Waals surface area contributed by atoms with Crippen molar-refractivity contribution in [2.45, 2.75) is 51.0 Å². The molecule has 0 fully saturated rings. The van der Waals surface area contributed by atoms with E-state index in [0.717, 1.165) is 36.4 Å². The number of hydrogen-bond acceptors (Lipinski definition) is 4. The molecule has 0 aliphatic carbocycles. The van der Waals surface area contributed by atoms with Gasteiger partial charge in [0.25, 0.3) is 0 Å². The number of fused-ring (bicyclic) bond motifs is 2. The van der Waals surface area contributed by atoms with Crippen molar-refractivity contribution < 1.29 is 13.2 Å². The summed E-state index contributed by atoms with van der Waals surface area (Å²) in [6.07, 6.45) is 2.84. The third-order valence-electron chi connectivity index (χ3n) is 6.11. The number of aromatic nitrogens is 2. The number of imidazole rings is 1. The average Bonchev–Trinajstić information content (AvgIpc) is 3.13. The normalized spacial score (nSPS) is 14.2. The molecular formula is C24H30N4O3S. The van der Waals surface area contributed by atoms with Crippen LogP contribution in [-0.4, -0.2) is 48.8 Å². The van der Waals surface area contributed by atoms with Crippen molar-refractivity contribution in [2.24, 2.45) is 0 Å². The Morgan fingerprint density at radius 3 is 2.66 bits per heavy atom. The first-order chi connectivity index (χ1) is 15.2. The Balaban J connectivity index is 1.58. The zero-order chi connectivity index (χ0) is 23.0. The van der Waals surface area contributed by atoms with Crippen molar-refractivity contribution in [1.29, 1.82) is 0 Å². The number of anilines is 1. The number of hydrogen-bond donors (Lipinski definition) is 0. The molecule has 170 valence electrons. The van der Waals surface area contributed by atoms with Crippen LogP contribution >= 0.6 is 0 Å². The van der Waals surface area contributed by atoms with Gasteiger partial charge in [-0.3, -0.25) is 4.79 Å². The summed E-state index contributed by atoms with van der Waals surface area (Å²) >= 11 is 0. The standard InChI is InChI=1S/C24H30N4O3S/c1-5-27-22-11-9-19(32(30,31)26(3)4)16-20(22)25-23(27)12-13-24(29)28-14-6-7-18-15-17(2)8-10-21(18)28/h8-11,15-16H,5-7,12-14H2,1-4H3. The second kappa shape index (κ2) is 8.67. The number of aryl methyl sites for hydroxylation is 4. The van der Waals surface area contributed by atoms with E-state index in [1.54, 1.807) is 18.2 Å². The fourth-order valence-electron chi connectivity index (χ4n) is 4.41. The zero-order valence-electron chi connectivity index (χ0n) is 19.1. The molecule has 0 saturated heterocycles. The monoisotopic (exact) mass is 454 g/mol. The van der Waals surface area contributed by atoms with Gasteiger partial charge in [-0.1, -0.05) is 17.7 Å². The largest absolute Gasteiger partial charge is 0.328 e. The van der Waals surface area contributed by atoms with Crippen molar-refractivity contribution in [3.8, 4) is 0 Å². The molecule has 2 heterocycles. The van der Waals surface area contributed by atoms with Crippen LogP contribution in [0.2, 0.25) is 0 Å². The van der Waals surface area contributed by atoms with Crippen LogP contribution in [-0.2, 0) is 34.2 Å². The van der Waals surface area contributed by atoms with Gasteiger partial charge < -0.3 is 9.47 Å². The first-order valence-corrected chi connectivity index (χ1v) is 12.5. The highest BCUT2D eigenvalue weighted by Gasteiger charge is 2.24. The maximum absolute atomic E-state index is 13.1. The molecule has 0 atom stereocenters. The quantitative estimate of drug-likeness (QED) is 0.571. The Kier molecular flexibility index (Phi) is 6.09. The van der Waals surface area contributed by atoms with Crippen LogP contribution in [0, 0.1) is 6.92 Å². The molecule has 0 saturated carbocycles. The van der Waals surface area contributed by atoms with Crippen LogP contribution in [0.15, 0.2) is 41.3 Å². The number of nitrogens with zero attached hydrogens (tertiary/aromatic N) is 4. The van der Waals surface area contributed by atoms with Gasteiger partial charge in [0.15, 0.2) is 0 Å². The molecule has 0 unspecified atom stereocenters. The van der Waals surface area contributed by atoms with E-state index in [4.69, 9.17) is 4.98 Å². The van der Waals surface area contributed by atoms with Crippen LogP contribution in [0.5, 0.6) is 0 Å². The second-order valence-corrected chi connectivity index (χ2v) is 10.6. The summed E-state index contributed by atoms with van der Waals surface area (Å²) < 4.78 is 28.2. The molecule has 2 aromatic carbocycles. The van der Waals surface area contributed by atoms with Gasteiger partial charge in [-0.05, 0) is 56.5 Å². The van der Waals surface area contributed by atoms with Crippen molar-refractivity contribution in [3.63, 3.8) is 0 Å². The van der Waals surface area contributed by atoms with E-state index in [1.165, 1.54) is 29.5 Å². The predicted molar refractivity (Wildman–Crippen MR) is 126 cm³/mol. The summed E-state index contributed by atoms with van der Waals surface area (Å²) in [5.74, 6) is 0.900. The minimum Gasteiger partial charge on any atom is -0.328 e. The lowest BCUT2D eigenvalue weighted by Crippen LogP contribution is -2.35. The van der Waals surface area contributed by atoms with Gasteiger partial charge >= 0.3 is 0 Å². The SMILES string of the molecule is CCn1c(CCC(=O)N2CCCc3cc(C)ccc32)nc2cc(S(=O)(=O)N(C)C)ccc21. The third-order valence-corrected chi connectivity index (χ3v) is 7.92. The van der Waals surface area contributed by atoms with Crippen LogP contribution in [0.3, 0.4) is 0 Å². The predicted octanol–water partition coefficient (Wildman–Crippen LogP) is 3.53. The molecule has 0 N–H and O–H groups in total. The van der Waals surface area contributed by atoms with Crippen LogP contribution in [0.4, 0.5) is 5.69 Å². The molecule has 1 aliphatic heterocycles. The van der Waals surface area contributed by atoms with Crippen molar-refractivity contribution >= 4 is 32.7 Å². The number of rotatable bonds is 6. The summed E-state index contributed by atoms with van der Waals surface area (Å²) in [6.45, 7) is 5.54. The maximum atomic E-state index is 13.1. The molecule has 32 heavy (non-hydrogen) atoms. The molecule has 3 aromatic rings. The van der Waals surface area contributed by atoms with Gasteiger partial charge in [0.2, 0.25) is 15.9 Å². The topological polar surface area (TPSA) is 75.5 Å². The summed E-state index contributed by atoms with van der Waals surface area (Å²) in [6, 6.07) is 11.3. The fourth-order valence-corrected chi connectivity index (χ4v) is 5.34. The van der Waals surface area contributed by atoms with E-state index in [2.05, 4.69) is 29.7 Å². The third kappa shape index (κ3) is 4.04. The number of amides is 1. The Labute approximate surface area is 189 Å². The number of sulfonamides is 1. The molecule has 1 aliphatic rings. The lowest BCUT2D eigenvalue weighted by Gasteiger charge is -2.30. The van der Waals surface area contributed by atoms with Crippen molar-refractivity contribution in [2.75, 3.05) is 25.5 Å². The lowest BCUT2D eigenvalue weighted by molar-refractivity contribution is -0.118. The molecule has 0 spiro atoms. The summed E-state index contributed by atoms with van der Waals surface area (Å²) in [7, 11) is -0.497. The van der Waals surface area contributed by atoms with E-state index in [1.807, 2.05) is 11.8 Å². The molecule has 1 aromatic heterocycles. The maximum Gasteiger partial charge on any atom is 0.242 e. The molecular weight excluding hydrogens is 424 g/mol. The number of carbonyl (C=O) groups excluding carboxylic acids is 1. The molecule has 7 nitrogen and oxygen atoms in total. The van der Waals surface area contributed by atoms with Crippen molar-refractivity contribution in [3.05, 3.63) is 53.3 Å². The molecule has 0 bridgehead atoms. The van der Waals surface area contributed by atoms with Gasteiger partial charge in [0.1, 0.15) is 5.82 Å². The lowest BCUT2D eigenvalue weighted by atomic mass is 9.99. The molecule has 4 rings (SSSR count). The van der Waals surface area contributed by atoms with Crippen molar-refractivity contribution in [1.82, 2.24) is 13.9 Å². The van der Waals surface area contributed by atoms with Gasteiger partial charge in [0.05, 0.1) is 15.9 Å². The first-order valence-electron chi connectivity index (χ1n) is 11.0. The second-order valence-electron chi connectivity index (χ2n) is 8.49. The Morgan fingerprint density at radius 2 is 1.94 bits per heavy atom. The first kappa shape index (κ1) is 22.5. The molecule has 8 heteroatoms. The minimum absolute atomic E-state index is 0.0976. The highest BCUT2D eigenvalue weighted by Crippen LogP contribution is 2.29. The van der Waals surface area contributed by atoms with Gasteiger partial charge in [0, 0.05) is 45.7 Å². The van der Waals surface area contributed by atoms with E-state index in [9.17, 15) is 13.2 Å². The van der Waals surface area contributed by atoms with Crippen LogP contribution < -0.4 is 4.90 Å².